The Morgan fingerprint density at radius 2 is 1.42 bits per heavy atom. The monoisotopic (exact) mass is 432 g/mol. The Morgan fingerprint density at radius 1 is 0.727 bits per heavy atom. The molecule has 0 spiro atoms. The number of para-hydroxylation sites is 2. The molecule has 0 radical (unpaired) electrons. The number of ether oxygens (including phenoxy) is 1. The maximum Gasteiger partial charge on any atom is 0.0559 e. The summed E-state index contributed by atoms with van der Waals surface area (Å²) in [5.41, 5.74) is 7.52. The summed E-state index contributed by atoms with van der Waals surface area (Å²) in [6.45, 7) is 7.09. The zero-order chi connectivity index (χ0) is 22.4. The van der Waals surface area contributed by atoms with E-state index in [-0.39, 0.29) is 5.41 Å². The number of rotatable bonds is 5. The third-order valence-electron chi connectivity index (χ3n) is 6.73. The minimum atomic E-state index is 0.199. The first-order valence-corrected chi connectivity index (χ1v) is 11.6. The number of hydrogen-bond acceptors (Lipinski definition) is 2. The van der Waals surface area contributed by atoms with Crippen LogP contribution in [0, 0.1) is 12.3 Å². The Bertz CT molecular complexity index is 1450. The number of nitrogens with zero attached hydrogens (tertiary/aromatic N) is 2. The van der Waals surface area contributed by atoms with E-state index in [2.05, 4.69) is 120 Å². The van der Waals surface area contributed by atoms with Gasteiger partial charge in [0.15, 0.2) is 0 Å². The number of aryl methyl sites for hydroxylation is 1. The van der Waals surface area contributed by atoms with Crippen LogP contribution in [0.3, 0.4) is 0 Å². The van der Waals surface area contributed by atoms with Gasteiger partial charge in [0.1, 0.15) is 0 Å². The summed E-state index contributed by atoms with van der Waals surface area (Å²) < 4.78 is 8.03. The van der Waals surface area contributed by atoms with Crippen LogP contribution in [-0.2, 0) is 11.3 Å². The highest BCUT2D eigenvalue weighted by atomic mass is 16.5. The van der Waals surface area contributed by atoms with Gasteiger partial charge in [0.05, 0.1) is 13.2 Å². The molecule has 0 N–H and O–H groups in total. The van der Waals surface area contributed by atoms with Crippen LogP contribution in [0.1, 0.15) is 12.5 Å². The zero-order valence-corrected chi connectivity index (χ0v) is 19.2. The van der Waals surface area contributed by atoms with Crippen molar-refractivity contribution in [3.8, 4) is 0 Å². The molecule has 0 amide bonds. The molecule has 4 aromatic carbocycles. The number of hydrogen-bond donors (Lipinski definition) is 0. The van der Waals surface area contributed by atoms with E-state index in [1.165, 1.54) is 38.7 Å². The lowest BCUT2D eigenvalue weighted by molar-refractivity contribution is -0.109. The highest BCUT2D eigenvalue weighted by molar-refractivity contribution is 6.09. The maximum atomic E-state index is 5.55. The molecule has 0 unspecified atom stereocenters. The van der Waals surface area contributed by atoms with Crippen LogP contribution >= 0.6 is 0 Å². The lowest BCUT2D eigenvalue weighted by atomic mass is 9.88. The molecular formula is C30H28N2O. The molecule has 3 nitrogen and oxygen atoms in total. The molecule has 0 aliphatic carbocycles. The molecule has 3 heteroatoms. The predicted octanol–water partition coefficient (Wildman–Crippen LogP) is 7.61. The summed E-state index contributed by atoms with van der Waals surface area (Å²) in [5.74, 6) is 0. The molecular weight excluding hydrogens is 404 g/mol. The second kappa shape index (κ2) is 7.79. The molecule has 33 heavy (non-hydrogen) atoms. The van der Waals surface area contributed by atoms with Crippen LogP contribution < -0.4 is 4.90 Å². The number of fused-ring (bicyclic) bond motifs is 3. The summed E-state index contributed by atoms with van der Waals surface area (Å²) in [6.07, 6.45) is 0. The van der Waals surface area contributed by atoms with Gasteiger partial charge < -0.3 is 14.2 Å². The molecule has 0 saturated carbocycles. The summed E-state index contributed by atoms with van der Waals surface area (Å²) in [4.78, 5) is 2.35. The molecule has 6 rings (SSSR count). The second-order valence-corrected chi connectivity index (χ2v) is 9.62. The first kappa shape index (κ1) is 20.1. The Kier molecular flexibility index (Phi) is 4.74. The van der Waals surface area contributed by atoms with Crippen LogP contribution in [0.15, 0.2) is 97.1 Å². The summed E-state index contributed by atoms with van der Waals surface area (Å²) in [6, 6.07) is 35.0. The fourth-order valence-electron chi connectivity index (χ4n) is 5.07. The average molecular weight is 433 g/mol. The van der Waals surface area contributed by atoms with Crippen molar-refractivity contribution in [1.29, 1.82) is 0 Å². The van der Waals surface area contributed by atoms with Gasteiger partial charge in [0, 0.05) is 50.8 Å². The highest BCUT2D eigenvalue weighted by Gasteiger charge is 2.34. The third-order valence-corrected chi connectivity index (χ3v) is 6.73. The van der Waals surface area contributed by atoms with Crippen molar-refractivity contribution in [1.82, 2.24) is 4.57 Å². The standard InChI is InChI=1S/C30H28N2O/c1-22-9-8-12-24(17-22)32(23-10-4-3-5-11-23)25-15-16-29-27(18-25)26-13-6-7-14-28(26)31(29)19-30(2)20-33-21-30/h3-18H,19-21H2,1-2H3. The summed E-state index contributed by atoms with van der Waals surface area (Å²) in [7, 11) is 0. The molecule has 0 bridgehead atoms. The molecule has 1 aliphatic heterocycles. The van der Waals surface area contributed by atoms with Crippen molar-refractivity contribution in [3.05, 3.63) is 103 Å². The van der Waals surface area contributed by atoms with Crippen molar-refractivity contribution in [2.75, 3.05) is 18.1 Å². The first-order valence-electron chi connectivity index (χ1n) is 11.6. The normalized spacial score (nSPS) is 15.0. The van der Waals surface area contributed by atoms with Gasteiger partial charge in [-0.25, -0.2) is 0 Å². The fourth-order valence-corrected chi connectivity index (χ4v) is 5.07. The first-order chi connectivity index (χ1) is 16.1. The van der Waals surface area contributed by atoms with Crippen molar-refractivity contribution in [2.45, 2.75) is 20.4 Å². The predicted molar refractivity (Wildman–Crippen MR) is 138 cm³/mol. The van der Waals surface area contributed by atoms with Gasteiger partial charge in [0.2, 0.25) is 0 Å². The summed E-state index contributed by atoms with van der Waals surface area (Å²) >= 11 is 0. The molecule has 5 aromatic rings. The zero-order valence-electron chi connectivity index (χ0n) is 19.2. The van der Waals surface area contributed by atoms with Gasteiger partial charge in [-0.1, -0.05) is 55.5 Å². The van der Waals surface area contributed by atoms with Gasteiger partial charge in [-0.15, -0.1) is 0 Å². The van der Waals surface area contributed by atoms with Gasteiger partial charge >= 0.3 is 0 Å². The van der Waals surface area contributed by atoms with E-state index in [1.54, 1.807) is 0 Å². The molecule has 1 fully saturated rings. The van der Waals surface area contributed by atoms with E-state index in [9.17, 15) is 0 Å². The SMILES string of the molecule is Cc1cccc(N(c2ccccc2)c2ccc3c(c2)c2ccccc2n3CC2(C)COC2)c1. The Morgan fingerprint density at radius 3 is 2.18 bits per heavy atom. The third kappa shape index (κ3) is 3.49. The summed E-state index contributed by atoms with van der Waals surface area (Å²) in [5, 5.41) is 2.59. The van der Waals surface area contributed by atoms with Crippen LogP contribution in [-0.4, -0.2) is 17.8 Å². The Hall–Kier alpha value is -3.56. The van der Waals surface area contributed by atoms with Crippen molar-refractivity contribution >= 4 is 38.9 Å². The van der Waals surface area contributed by atoms with E-state index in [1.807, 2.05) is 0 Å². The lowest BCUT2D eigenvalue weighted by Crippen LogP contribution is -2.43. The highest BCUT2D eigenvalue weighted by Crippen LogP contribution is 2.40. The van der Waals surface area contributed by atoms with Crippen LogP contribution in [0.5, 0.6) is 0 Å². The van der Waals surface area contributed by atoms with Gasteiger partial charge in [-0.3, -0.25) is 0 Å². The van der Waals surface area contributed by atoms with Crippen molar-refractivity contribution < 1.29 is 4.74 Å². The van der Waals surface area contributed by atoms with Crippen molar-refractivity contribution in [2.24, 2.45) is 5.41 Å². The molecule has 0 atom stereocenters. The van der Waals surface area contributed by atoms with Crippen LogP contribution in [0.4, 0.5) is 17.1 Å². The Balaban J connectivity index is 1.55. The van der Waals surface area contributed by atoms with Gasteiger partial charge in [0.25, 0.3) is 0 Å². The van der Waals surface area contributed by atoms with E-state index in [4.69, 9.17) is 4.74 Å². The molecule has 1 saturated heterocycles. The minimum Gasteiger partial charge on any atom is -0.380 e. The van der Waals surface area contributed by atoms with E-state index in [0.717, 1.165) is 25.4 Å². The van der Waals surface area contributed by atoms with E-state index in [0.29, 0.717) is 0 Å². The van der Waals surface area contributed by atoms with E-state index >= 15 is 0 Å². The molecule has 2 heterocycles. The van der Waals surface area contributed by atoms with E-state index < -0.39 is 0 Å². The van der Waals surface area contributed by atoms with Crippen molar-refractivity contribution in [3.63, 3.8) is 0 Å². The second-order valence-electron chi connectivity index (χ2n) is 9.62. The largest absolute Gasteiger partial charge is 0.380 e. The Labute approximate surface area is 194 Å². The smallest absolute Gasteiger partial charge is 0.0559 e. The number of benzene rings is 4. The minimum absolute atomic E-state index is 0.199. The molecule has 1 aromatic heterocycles. The van der Waals surface area contributed by atoms with Crippen LogP contribution in [0.2, 0.25) is 0 Å². The van der Waals surface area contributed by atoms with Gasteiger partial charge in [-0.2, -0.15) is 0 Å². The number of aromatic nitrogens is 1. The fraction of sp³-hybridized carbons (Fsp3) is 0.200. The van der Waals surface area contributed by atoms with Crippen LogP contribution in [0.25, 0.3) is 21.8 Å². The van der Waals surface area contributed by atoms with Gasteiger partial charge in [-0.05, 0) is 61.0 Å². The average Bonchev–Trinajstić information content (AvgIpc) is 3.12. The quantitative estimate of drug-likeness (QED) is 0.284. The maximum absolute atomic E-state index is 5.55. The molecule has 164 valence electrons. The topological polar surface area (TPSA) is 17.4 Å². The lowest BCUT2D eigenvalue weighted by Gasteiger charge is -2.38. The molecule has 1 aliphatic rings. The number of anilines is 3.